The molecule has 2 aromatic rings. The Balaban J connectivity index is 1.38. The first-order valence-corrected chi connectivity index (χ1v) is 11.9. The lowest BCUT2D eigenvalue weighted by atomic mass is 9.98. The SMILES string of the molecule is N=C(N)c1cccc(C2Oc3ccccc3N(CCCCCN3CCCC(C(=O)O)C3)C2=O)c1. The summed E-state index contributed by atoms with van der Waals surface area (Å²) in [6.07, 6.45) is 3.68. The zero-order valence-electron chi connectivity index (χ0n) is 19.3. The van der Waals surface area contributed by atoms with Crippen molar-refractivity contribution in [1.29, 1.82) is 5.41 Å². The third-order valence-electron chi connectivity index (χ3n) is 6.60. The molecule has 0 aromatic heterocycles. The van der Waals surface area contributed by atoms with Crippen LogP contribution < -0.4 is 15.4 Å². The van der Waals surface area contributed by atoms with Crippen molar-refractivity contribution in [2.24, 2.45) is 11.7 Å². The Labute approximate surface area is 199 Å². The van der Waals surface area contributed by atoms with Crippen molar-refractivity contribution in [3.8, 4) is 5.75 Å². The molecule has 0 aliphatic carbocycles. The largest absolute Gasteiger partial charge is 0.481 e. The summed E-state index contributed by atoms with van der Waals surface area (Å²) >= 11 is 0. The van der Waals surface area contributed by atoms with Gasteiger partial charge in [-0.2, -0.15) is 0 Å². The first-order valence-electron chi connectivity index (χ1n) is 11.9. The molecule has 2 aromatic carbocycles. The van der Waals surface area contributed by atoms with Crippen molar-refractivity contribution in [3.63, 3.8) is 0 Å². The van der Waals surface area contributed by atoms with E-state index in [1.165, 1.54) is 0 Å². The van der Waals surface area contributed by atoms with Crippen molar-refractivity contribution in [2.45, 2.75) is 38.2 Å². The molecular weight excluding hydrogens is 432 g/mol. The maximum atomic E-state index is 13.4. The van der Waals surface area contributed by atoms with Crippen LogP contribution in [0.4, 0.5) is 5.69 Å². The van der Waals surface area contributed by atoms with Gasteiger partial charge >= 0.3 is 5.97 Å². The van der Waals surface area contributed by atoms with Crippen molar-refractivity contribution >= 4 is 23.4 Å². The number of nitrogens with one attached hydrogen (secondary N) is 1. The summed E-state index contributed by atoms with van der Waals surface area (Å²) in [5.74, 6) is -0.467. The Bertz CT molecular complexity index is 1060. The molecule has 0 saturated carbocycles. The van der Waals surface area contributed by atoms with Crippen LogP contribution in [0.3, 0.4) is 0 Å². The minimum atomic E-state index is -0.782. The number of carbonyl (C=O) groups is 2. The molecule has 180 valence electrons. The van der Waals surface area contributed by atoms with Gasteiger partial charge in [-0.1, -0.05) is 36.8 Å². The maximum Gasteiger partial charge on any atom is 0.307 e. The van der Waals surface area contributed by atoms with E-state index in [0.29, 0.717) is 30.0 Å². The van der Waals surface area contributed by atoms with E-state index in [9.17, 15) is 14.7 Å². The summed E-state index contributed by atoms with van der Waals surface area (Å²) in [6, 6.07) is 14.6. The van der Waals surface area contributed by atoms with Crippen LogP contribution in [0.25, 0.3) is 0 Å². The summed E-state index contributed by atoms with van der Waals surface area (Å²) in [7, 11) is 0. The van der Waals surface area contributed by atoms with E-state index in [4.69, 9.17) is 15.9 Å². The van der Waals surface area contributed by atoms with Gasteiger partial charge in [0.15, 0.2) is 0 Å². The Morgan fingerprint density at radius 3 is 2.71 bits per heavy atom. The number of fused-ring (bicyclic) bond motifs is 1. The number of carboxylic acid groups (broad SMARTS) is 1. The molecule has 1 saturated heterocycles. The molecule has 0 radical (unpaired) electrons. The number of unbranched alkanes of at least 4 members (excludes halogenated alkanes) is 2. The molecule has 34 heavy (non-hydrogen) atoms. The highest BCUT2D eigenvalue weighted by atomic mass is 16.5. The molecule has 2 unspecified atom stereocenters. The highest BCUT2D eigenvalue weighted by molar-refractivity contribution is 6.01. The third kappa shape index (κ3) is 5.39. The first kappa shape index (κ1) is 23.8. The number of carboxylic acids is 1. The maximum absolute atomic E-state index is 13.4. The normalized spacial score (nSPS) is 20.5. The standard InChI is InChI=1S/C26H32N4O4/c27-24(28)19-9-6-8-18(16-19)23-25(31)30(21-11-2-3-12-22(21)34-23)15-5-1-4-13-29-14-7-10-20(17-29)26(32)33/h2-3,6,8-9,11-12,16,20,23H,1,4-5,7,10,13-15,17H2,(H3,27,28)(H,32,33). The number of benzene rings is 2. The lowest BCUT2D eigenvalue weighted by Crippen LogP contribution is -2.42. The van der Waals surface area contributed by atoms with Gasteiger partial charge in [-0.15, -0.1) is 0 Å². The molecule has 2 aliphatic rings. The Morgan fingerprint density at radius 2 is 1.91 bits per heavy atom. The van der Waals surface area contributed by atoms with Gasteiger partial charge in [-0.05, 0) is 57.0 Å². The average Bonchev–Trinajstić information content (AvgIpc) is 2.85. The monoisotopic (exact) mass is 464 g/mol. The van der Waals surface area contributed by atoms with E-state index < -0.39 is 12.1 Å². The predicted molar refractivity (Wildman–Crippen MR) is 130 cm³/mol. The molecular formula is C26H32N4O4. The van der Waals surface area contributed by atoms with Crippen LogP contribution in [-0.2, 0) is 9.59 Å². The number of amidine groups is 1. The van der Waals surface area contributed by atoms with Gasteiger partial charge in [0.1, 0.15) is 11.6 Å². The van der Waals surface area contributed by atoms with Crippen LogP contribution in [0.5, 0.6) is 5.75 Å². The minimum Gasteiger partial charge on any atom is -0.481 e. The number of likely N-dealkylation sites (tertiary alicyclic amines) is 1. The second kappa shape index (κ2) is 10.7. The fourth-order valence-electron chi connectivity index (χ4n) is 4.77. The second-order valence-corrected chi connectivity index (χ2v) is 9.03. The van der Waals surface area contributed by atoms with Gasteiger partial charge in [0.2, 0.25) is 6.10 Å². The molecule has 2 atom stereocenters. The van der Waals surface area contributed by atoms with Crippen LogP contribution in [0.15, 0.2) is 48.5 Å². The van der Waals surface area contributed by atoms with E-state index in [0.717, 1.165) is 50.9 Å². The van der Waals surface area contributed by atoms with Crippen molar-refractivity contribution in [1.82, 2.24) is 4.90 Å². The molecule has 4 N–H and O–H groups in total. The fourth-order valence-corrected chi connectivity index (χ4v) is 4.77. The number of rotatable bonds is 9. The van der Waals surface area contributed by atoms with Crippen LogP contribution in [0, 0.1) is 11.3 Å². The molecule has 4 rings (SSSR count). The molecule has 0 spiro atoms. The van der Waals surface area contributed by atoms with Crippen LogP contribution >= 0.6 is 0 Å². The number of nitrogen functional groups attached to an aromatic ring is 1. The summed E-state index contributed by atoms with van der Waals surface area (Å²) < 4.78 is 6.07. The Morgan fingerprint density at radius 1 is 1.12 bits per heavy atom. The lowest BCUT2D eigenvalue weighted by Gasteiger charge is -2.35. The molecule has 8 heteroatoms. The highest BCUT2D eigenvalue weighted by Gasteiger charge is 2.35. The lowest BCUT2D eigenvalue weighted by molar-refractivity contribution is -0.143. The summed E-state index contributed by atoms with van der Waals surface area (Å²) in [5.41, 5.74) is 7.64. The van der Waals surface area contributed by atoms with Crippen LogP contribution in [0.1, 0.15) is 49.3 Å². The zero-order valence-corrected chi connectivity index (χ0v) is 19.3. The number of hydrogen-bond donors (Lipinski definition) is 3. The number of hydrogen-bond acceptors (Lipinski definition) is 5. The second-order valence-electron chi connectivity index (χ2n) is 9.03. The van der Waals surface area contributed by atoms with Gasteiger partial charge in [-0.3, -0.25) is 15.0 Å². The number of piperidine rings is 1. The molecule has 1 fully saturated rings. The van der Waals surface area contributed by atoms with Crippen LogP contribution in [-0.4, -0.2) is 53.9 Å². The molecule has 8 nitrogen and oxygen atoms in total. The highest BCUT2D eigenvalue weighted by Crippen LogP contribution is 2.39. The number of carbonyl (C=O) groups excluding carboxylic acids is 1. The van der Waals surface area contributed by atoms with E-state index in [1.54, 1.807) is 23.1 Å². The Kier molecular flexibility index (Phi) is 7.47. The average molecular weight is 465 g/mol. The number of amides is 1. The Hall–Kier alpha value is -3.39. The zero-order chi connectivity index (χ0) is 24.1. The number of nitrogens with zero attached hydrogens (tertiary/aromatic N) is 2. The number of nitrogens with two attached hydrogens (primary N) is 1. The fraction of sp³-hybridized carbons (Fsp3) is 0.423. The summed E-state index contributed by atoms with van der Waals surface area (Å²) in [4.78, 5) is 28.7. The molecule has 0 bridgehead atoms. The van der Waals surface area contributed by atoms with E-state index in [-0.39, 0.29) is 17.7 Å². The van der Waals surface area contributed by atoms with E-state index >= 15 is 0 Å². The van der Waals surface area contributed by atoms with Gasteiger partial charge < -0.3 is 25.4 Å². The summed E-state index contributed by atoms with van der Waals surface area (Å²) in [6.45, 7) is 3.06. The van der Waals surface area contributed by atoms with Crippen molar-refractivity contribution < 1.29 is 19.4 Å². The molecule has 1 amide bonds. The van der Waals surface area contributed by atoms with Gasteiger partial charge in [0, 0.05) is 24.2 Å². The number of ether oxygens (including phenoxy) is 1. The predicted octanol–water partition coefficient (Wildman–Crippen LogP) is 3.40. The molecule has 2 heterocycles. The quantitative estimate of drug-likeness (QED) is 0.297. The van der Waals surface area contributed by atoms with Crippen molar-refractivity contribution in [3.05, 3.63) is 59.7 Å². The van der Waals surface area contributed by atoms with Gasteiger partial charge in [-0.25, -0.2) is 0 Å². The first-order chi connectivity index (χ1) is 16.4. The molecule has 2 aliphatic heterocycles. The summed E-state index contributed by atoms with van der Waals surface area (Å²) in [5, 5.41) is 17.0. The topological polar surface area (TPSA) is 120 Å². The van der Waals surface area contributed by atoms with Crippen molar-refractivity contribution in [2.75, 3.05) is 31.1 Å². The number of aliphatic carboxylic acids is 1. The van der Waals surface area contributed by atoms with Gasteiger partial charge in [0.25, 0.3) is 5.91 Å². The third-order valence-corrected chi connectivity index (χ3v) is 6.60. The minimum absolute atomic E-state index is 0.0502. The smallest absolute Gasteiger partial charge is 0.307 e. The van der Waals surface area contributed by atoms with E-state index in [1.807, 2.05) is 30.3 Å². The number of anilines is 1. The number of para-hydroxylation sites is 2. The van der Waals surface area contributed by atoms with Crippen LogP contribution in [0.2, 0.25) is 0 Å². The van der Waals surface area contributed by atoms with E-state index in [2.05, 4.69) is 4.90 Å². The van der Waals surface area contributed by atoms with Gasteiger partial charge in [0.05, 0.1) is 11.6 Å².